The summed E-state index contributed by atoms with van der Waals surface area (Å²) in [7, 11) is -3.93. The second-order valence-electron chi connectivity index (χ2n) is 20.1. The van der Waals surface area contributed by atoms with E-state index < -0.39 is 16.1 Å². The van der Waals surface area contributed by atoms with Crippen molar-refractivity contribution in [1.29, 1.82) is 0 Å². The molecular formula is C58H58S4Si2. The highest BCUT2D eigenvalue weighted by Gasteiger charge is 2.43. The van der Waals surface area contributed by atoms with Gasteiger partial charge in [0.05, 0.1) is 8.47 Å². The van der Waals surface area contributed by atoms with E-state index in [1.165, 1.54) is 92.4 Å². The largest absolute Gasteiger partial charge is 0.146 e. The van der Waals surface area contributed by atoms with Gasteiger partial charge in [0.2, 0.25) is 0 Å². The molecule has 0 spiro atoms. The van der Waals surface area contributed by atoms with Crippen LogP contribution in [0.25, 0.3) is 62.3 Å². The molecular weight excluding hydrogens is 881 g/mol. The summed E-state index contributed by atoms with van der Waals surface area (Å²) in [6, 6.07) is 37.4. The molecule has 64 heavy (non-hydrogen) atoms. The molecule has 0 saturated heterocycles. The van der Waals surface area contributed by atoms with Gasteiger partial charge in [-0.05, 0) is 136 Å². The third-order valence-electron chi connectivity index (χ3n) is 15.1. The molecule has 322 valence electrons. The summed E-state index contributed by atoms with van der Waals surface area (Å²) in [6.45, 7) is 29.0. The number of benzene rings is 8. The van der Waals surface area contributed by atoms with Crippen molar-refractivity contribution in [3.63, 3.8) is 0 Å². The topological polar surface area (TPSA) is 0 Å². The molecule has 6 heteroatoms. The van der Waals surface area contributed by atoms with Gasteiger partial charge in [0.15, 0.2) is 0 Å². The Bertz CT molecular complexity index is 3110. The molecule has 2 heterocycles. The van der Waals surface area contributed by atoms with Crippen LogP contribution >= 0.6 is 47.0 Å². The predicted molar refractivity (Wildman–Crippen MR) is 295 cm³/mol. The zero-order chi connectivity index (χ0) is 45.0. The first-order valence-electron chi connectivity index (χ1n) is 23.3. The normalized spacial score (nSPS) is 14.5. The van der Waals surface area contributed by atoms with E-state index in [1.54, 1.807) is 0 Å². The summed E-state index contributed by atoms with van der Waals surface area (Å²) in [5.74, 6) is 7.82. The van der Waals surface area contributed by atoms with E-state index >= 15 is 0 Å². The highest BCUT2D eigenvalue weighted by molar-refractivity contribution is 8.32. The fraction of sp³-hybridized carbons (Fsp3) is 0.310. The lowest BCUT2D eigenvalue weighted by molar-refractivity contribution is 0.838. The molecule has 2 aliphatic heterocycles. The van der Waals surface area contributed by atoms with Gasteiger partial charge in [-0.1, -0.05) is 191 Å². The van der Waals surface area contributed by atoms with Crippen LogP contribution in [0.2, 0.25) is 33.2 Å². The Morgan fingerprint density at radius 2 is 0.672 bits per heavy atom. The Labute approximate surface area is 400 Å². The molecule has 8 aromatic rings. The van der Waals surface area contributed by atoms with Crippen molar-refractivity contribution in [2.24, 2.45) is 0 Å². The first kappa shape index (κ1) is 44.1. The Kier molecular flexibility index (Phi) is 11.4. The number of fused-ring (bicyclic) bond motifs is 2. The Hall–Kier alpha value is -3.73. The molecule has 0 saturated carbocycles. The first-order chi connectivity index (χ1) is 30.6. The quantitative estimate of drug-likeness (QED) is 0.0705. The van der Waals surface area contributed by atoms with Crippen molar-refractivity contribution in [3.8, 4) is 22.9 Å². The van der Waals surface area contributed by atoms with E-state index in [0.717, 1.165) is 11.1 Å². The second kappa shape index (κ2) is 16.6. The summed E-state index contributed by atoms with van der Waals surface area (Å²) in [4.78, 5) is 5.36. The molecule has 0 nitrogen and oxygen atoms in total. The van der Waals surface area contributed by atoms with Crippen LogP contribution in [0.4, 0.5) is 0 Å². The third kappa shape index (κ3) is 6.75. The summed E-state index contributed by atoms with van der Waals surface area (Å²) in [5.41, 5.74) is 13.9. The monoisotopic (exact) mass is 938 g/mol. The van der Waals surface area contributed by atoms with Crippen LogP contribution in [-0.4, -0.2) is 16.1 Å². The van der Waals surface area contributed by atoms with Crippen molar-refractivity contribution in [2.75, 3.05) is 0 Å². The van der Waals surface area contributed by atoms with Crippen molar-refractivity contribution in [2.45, 2.75) is 136 Å². The van der Waals surface area contributed by atoms with Crippen LogP contribution < -0.4 is 10.4 Å². The lowest BCUT2D eigenvalue weighted by Gasteiger charge is -2.38. The molecule has 0 aliphatic carbocycles. The summed E-state index contributed by atoms with van der Waals surface area (Å²) in [6.07, 6.45) is 0. The fourth-order valence-electron chi connectivity index (χ4n) is 12.2. The Balaban J connectivity index is 1.37. The summed E-state index contributed by atoms with van der Waals surface area (Å²) in [5, 5.41) is 16.1. The molecule has 0 N–H and O–H groups in total. The number of rotatable bonds is 6. The standard InChI is InChI=1S/C58H58S4Si2/c1-33(2)63(34(3)4,35(5)6)27-25-39-29-41-21-23-44-54(58-61-49-19-15-16-20-50(49)62-58)46-32-40(26-28-64(36(7)8,37(9)10)38(11)12)30-42-22-24-43-53(57-59-47-17-13-14-18-48(47)60-57)45(31-39)51(41)55(44)56(43)52(42)46/h13-24,29-38H,1-12H3. The summed E-state index contributed by atoms with van der Waals surface area (Å²) >= 11 is 7.76. The van der Waals surface area contributed by atoms with Crippen LogP contribution in [0.3, 0.4) is 0 Å². The SMILES string of the molecule is CC(C)[Si](C#Cc1cc2ccc3c(=C4Sc5ccccc5S4)c4cc(C#C[Si](C(C)C)(C(C)C)C(C)C)cc5ccc6c(=C7Sc8ccccc8S7)c(c1)c2c3c6c54)(C(C)C)C(C)C. The molecule has 0 atom stereocenters. The number of thioether (sulfide) groups is 4. The van der Waals surface area contributed by atoms with Crippen molar-refractivity contribution >= 4 is 126 Å². The van der Waals surface area contributed by atoms with Crippen LogP contribution in [-0.2, 0) is 0 Å². The third-order valence-corrected chi connectivity index (χ3v) is 32.8. The maximum Gasteiger partial charge on any atom is 0.146 e. The van der Waals surface area contributed by atoms with Gasteiger partial charge in [-0.3, -0.25) is 0 Å². The minimum atomic E-state index is -1.97. The first-order valence-corrected chi connectivity index (χ1v) is 31.1. The van der Waals surface area contributed by atoms with Crippen LogP contribution in [0.5, 0.6) is 0 Å². The van der Waals surface area contributed by atoms with Crippen LogP contribution in [0.1, 0.15) is 94.2 Å². The maximum absolute atomic E-state index is 4.10. The average molecular weight is 940 g/mol. The minimum Gasteiger partial charge on any atom is -0.125 e. The molecule has 0 amide bonds. The van der Waals surface area contributed by atoms with Gasteiger partial charge < -0.3 is 0 Å². The summed E-state index contributed by atoms with van der Waals surface area (Å²) < 4.78 is 2.72. The van der Waals surface area contributed by atoms with E-state index in [-0.39, 0.29) is 0 Å². The van der Waals surface area contributed by atoms with Gasteiger partial charge in [-0.2, -0.15) is 0 Å². The predicted octanol–water partition coefficient (Wildman–Crippen LogP) is 17.4. The van der Waals surface area contributed by atoms with Gasteiger partial charge >= 0.3 is 0 Å². The van der Waals surface area contributed by atoms with Gasteiger partial charge in [0.1, 0.15) is 16.1 Å². The highest BCUT2D eigenvalue weighted by atomic mass is 32.2. The Morgan fingerprint density at radius 1 is 0.359 bits per heavy atom. The molecule has 0 fully saturated rings. The van der Waals surface area contributed by atoms with E-state index in [0.29, 0.717) is 33.2 Å². The number of hydrogen-bond acceptors (Lipinski definition) is 4. The lowest BCUT2D eigenvalue weighted by atomic mass is 9.84. The van der Waals surface area contributed by atoms with Crippen molar-refractivity contribution < 1.29 is 0 Å². The van der Waals surface area contributed by atoms with Gasteiger partial charge in [0.25, 0.3) is 0 Å². The highest BCUT2D eigenvalue weighted by Crippen LogP contribution is 2.54. The fourth-order valence-corrected chi connectivity index (χ4v) is 28.0. The van der Waals surface area contributed by atoms with E-state index in [4.69, 9.17) is 0 Å². The molecule has 0 radical (unpaired) electrons. The maximum atomic E-state index is 4.10. The lowest BCUT2D eigenvalue weighted by Crippen LogP contribution is -2.43. The molecule has 0 unspecified atom stereocenters. The molecule has 0 bridgehead atoms. The van der Waals surface area contributed by atoms with Gasteiger partial charge in [-0.25, -0.2) is 0 Å². The molecule has 0 aromatic heterocycles. The van der Waals surface area contributed by atoms with E-state index in [2.05, 4.69) is 203 Å². The van der Waals surface area contributed by atoms with Crippen LogP contribution in [0.15, 0.2) is 117 Å². The van der Waals surface area contributed by atoms with Crippen molar-refractivity contribution in [3.05, 3.63) is 119 Å². The smallest absolute Gasteiger partial charge is 0.125 e. The molecule has 2 aliphatic rings. The zero-order valence-electron chi connectivity index (χ0n) is 39.3. The van der Waals surface area contributed by atoms with Crippen LogP contribution in [0, 0.1) is 22.9 Å². The molecule has 10 rings (SSSR count). The van der Waals surface area contributed by atoms with Gasteiger partial charge in [-0.15, -0.1) is 11.1 Å². The Morgan fingerprint density at radius 3 is 0.969 bits per heavy atom. The molecule has 8 aromatic carbocycles. The van der Waals surface area contributed by atoms with E-state index in [1.807, 2.05) is 47.0 Å². The van der Waals surface area contributed by atoms with Crippen molar-refractivity contribution in [1.82, 2.24) is 0 Å². The average Bonchev–Trinajstić information content (AvgIpc) is 3.88. The van der Waals surface area contributed by atoms with Gasteiger partial charge in [0, 0.05) is 41.1 Å². The number of hydrogen-bond donors (Lipinski definition) is 0. The van der Waals surface area contributed by atoms with E-state index in [9.17, 15) is 0 Å². The zero-order valence-corrected chi connectivity index (χ0v) is 44.6. The second-order valence-corrected chi connectivity index (χ2v) is 36.0. The minimum absolute atomic E-state index is 0.573.